The Morgan fingerprint density at radius 2 is 2.15 bits per heavy atom. The molecule has 2 bridgehead atoms. The highest BCUT2D eigenvalue weighted by molar-refractivity contribution is 5.80. The fraction of sp³-hybridized carbons (Fsp3) is 0.750. The fourth-order valence-electron chi connectivity index (χ4n) is 2.91. The summed E-state index contributed by atoms with van der Waals surface area (Å²) < 4.78 is 0. The topological polar surface area (TPSA) is 17.1 Å². The van der Waals surface area contributed by atoms with E-state index in [4.69, 9.17) is 0 Å². The zero-order chi connectivity index (χ0) is 9.64. The molecule has 1 heteroatoms. The average molecular weight is 178 g/mol. The van der Waals surface area contributed by atoms with Gasteiger partial charge in [0.25, 0.3) is 0 Å². The van der Waals surface area contributed by atoms with Gasteiger partial charge in [-0.1, -0.05) is 25.5 Å². The lowest BCUT2D eigenvalue weighted by Gasteiger charge is -2.54. The van der Waals surface area contributed by atoms with E-state index in [9.17, 15) is 4.79 Å². The molecule has 13 heavy (non-hydrogen) atoms. The van der Waals surface area contributed by atoms with Gasteiger partial charge in [-0.2, -0.15) is 0 Å². The molecule has 0 unspecified atom stereocenters. The fourth-order valence-corrected chi connectivity index (χ4v) is 2.91. The minimum Gasteiger partial charge on any atom is -0.299 e. The van der Waals surface area contributed by atoms with E-state index in [0.717, 1.165) is 12.3 Å². The van der Waals surface area contributed by atoms with Crippen LogP contribution < -0.4 is 0 Å². The van der Waals surface area contributed by atoms with Crippen LogP contribution in [-0.4, -0.2) is 5.78 Å². The van der Waals surface area contributed by atoms with Crippen molar-refractivity contribution in [2.45, 2.75) is 40.0 Å². The highest BCUT2D eigenvalue weighted by Crippen LogP contribution is 2.56. The zero-order valence-electron chi connectivity index (χ0n) is 8.76. The monoisotopic (exact) mass is 178 g/mol. The molecule has 2 atom stereocenters. The highest BCUT2D eigenvalue weighted by atomic mass is 16.1. The van der Waals surface area contributed by atoms with Gasteiger partial charge in [-0.25, -0.2) is 0 Å². The Balaban J connectivity index is 2.29. The van der Waals surface area contributed by atoms with E-state index in [1.807, 2.05) is 0 Å². The average Bonchev–Trinajstić information content (AvgIpc) is 2.05. The molecular formula is C12H18O. The number of carbonyl (C=O) groups excluding carboxylic acids is 1. The number of allylic oxidation sites excluding steroid dienone is 2. The van der Waals surface area contributed by atoms with E-state index in [2.05, 4.69) is 26.8 Å². The Morgan fingerprint density at radius 1 is 1.46 bits per heavy atom. The lowest BCUT2D eigenvalue weighted by molar-refractivity contribution is -0.124. The molecule has 0 aliphatic heterocycles. The minimum atomic E-state index is 0.372. The van der Waals surface area contributed by atoms with Crippen LogP contribution >= 0.6 is 0 Å². The summed E-state index contributed by atoms with van der Waals surface area (Å²) >= 11 is 0. The molecule has 0 aromatic heterocycles. The van der Waals surface area contributed by atoms with Crippen LogP contribution in [0.4, 0.5) is 0 Å². The number of hydrogen-bond donors (Lipinski definition) is 0. The number of rotatable bonds is 0. The number of carbonyl (C=O) groups is 1. The van der Waals surface area contributed by atoms with Crippen molar-refractivity contribution >= 4 is 5.78 Å². The van der Waals surface area contributed by atoms with E-state index in [-0.39, 0.29) is 0 Å². The van der Waals surface area contributed by atoms with Gasteiger partial charge in [-0.05, 0) is 30.6 Å². The zero-order valence-corrected chi connectivity index (χ0v) is 8.76. The smallest absolute Gasteiger partial charge is 0.136 e. The molecule has 0 spiro atoms. The normalized spacial score (nSPS) is 41.2. The Hall–Kier alpha value is -0.590. The SMILES string of the molecule is C/C1=C/CC(=O)C[C@H]2C[C@@H]1C2(C)C. The number of fused-ring (bicyclic) bond motifs is 3. The summed E-state index contributed by atoms with van der Waals surface area (Å²) in [5, 5.41) is 0. The van der Waals surface area contributed by atoms with E-state index in [1.54, 1.807) is 0 Å². The molecular weight excluding hydrogens is 160 g/mol. The predicted molar refractivity (Wildman–Crippen MR) is 53.4 cm³/mol. The van der Waals surface area contributed by atoms with Crippen LogP contribution in [0.2, 0.25) is 0 Å². The van der Waals surface area contributed by atoms with Gasteiger partial charge in [0, 0.05) is 12.8 Å². The van der Waals surface area contributed by atoms with Crippen molar-refractivity contribution in [2.24, 2.45) is 17.3 Å². The number of ketones is 1. The van der Waals surface area contributed by atoms with Crippen molar-refractivity contribution in [3.8, 4) is 0 Å². The van der Waals surface area contributed by atoms with Gasteiger partial charge in [-0.3, -0.25) is 4.79 Å². The van der Waals surface area contributed by atoms with Gasteiger partial charge in [0.1, 0.15) is 5.78 Å². The number of Topliss-reactive ketones (excluding diaryl/α,β-unsaturated/α-hetero) is 1. The summed E-state index contributed by atoms with van der Waals surface area (Å²) in [5.74, 6) is 1.81. The summed E-state index contributed by atoms with van der Waals surface area (Å²) in [4.78, 5) is 11.5. The third kappa shape index (κ3) is 1.25. The van der Waals surface area contributed by atoms with E-state index >= 15 is 0 Å². The molecule has 0 aromatic carbocycles. The summed E-state index contributed by atoms with van der Waals surface area (Å²) in [6.07, 6.45) is 4.87. The van der Waals surface area contributed by atoms with Crippen molar-refractivity contribution in [3.05, 3.63) is 11.6 Å². The molecule has 3 aliphatic carbocycles. The van der Waals surface area contributed by atoms with E-state index < -0.39 is 0 Å². The van der Waals surface area contributed by atoms with Crippen molar-refractivity contribution < 1.29 is 4.79 Å². The van der Waals surface area contributed by atoms with Crippen LogP contribution in [-0.2, 0) is 4.79 Å². The van der Waals surface area contributed by atoms with Crippen molar-refractivity contribution in [1.82, 2.24) is 0 Å². The van der Waals surface area contributed by atoms with Gasteiger partial charge >= 0.3 is 0 Å². The second-order valence-electron chi connectivity index (χ2n) is 5.20. The molecule has 0 amide bonds. The third-order valence-corrected chi connectivity index (χ3v) is 4.15. The van der Waals surface area contributed by atoms with Crippen LogP contribution in [0.15, 0.2) is 11.6 Å². The quantitative estimate of drug-likeness (QED) is 0.521. The molecule has 0 saturated heterocycles. The minimum absolute atomic E-state index is 0.372. The first kappa shape index (κ1) is 8.98. The van der Waals surface area contributed by atoms with Crippen molar-refractivity contribution in [1.29, 1.82) is 0 Å². The third-order valence-electron chi connectivity index (χ3n) is 4.15. The molecule has 3 rings (SSSR count). The molecule has 1 fully saturated rings. The van der Waals surface area contributed by atoms with Gasteiger partial charge in [0.05, 0.1) is 0 Å². The van der Waals surface area contributed by atoms with Crippen LogP contribution in [0.5, 0.6) is 0 Å². The largest absolute Gasteiger partial charge is 0.299 e. The van der Waals surface area contributed by atoms with Gasteiger partial charge in [0.15, 0.2) is 0 Å². The van der Waals surface area contributed by atoms with Crippen LogP contribution in [0, 0.1) is 17.3 Å². The summed E-state index contributed by atoms with van der Waals surface area (Å²) in [6.45, 7) is 6.80. The molecule has 72 valence electrons. The second kappa shape index (κ2) is 2.70. The van der Waals surface area contributed by atoms with E-state index in [0.29, 0.717) is 23.5 Å². The highest BCUT2D eigenvalue weighted by Gasteiger charge is 2.49. The molecule has 1 nitrogen and oxygen atoms in total. The maximum atomic E-state index is 11.5. The van der Waals surface area contributed by atoms with E-state index in [1.165, 1.54) is 12.0 Å². The first-order valence-corrected chi connectivity index (χ1v) is 5.20. The van der Waals surface area contributed by atoms with Gasteiger partial charge < -0.3 is 0 Å². The first-order chi connectivity index (χ1) is 6.01. The molecule has 0 N–H and O–H groups in total. The van der Waals surface area contributed by atoms with Crippen LogP contribution in [0.25, 0.3) is 0 Å². The maximum Gasteiger partial charge on any atom is 0.136 e. The standard InChI is InChI=1S/C12H18O/c1-8-4-5-10(13)6-9-7-11(8)12(9,2)3/h4,9,11H,5-7H2,1-3H3/b8-4-/t9-,11-/m0/s1. The molecule has 0 heterocycles. The van der Waals surface area contributed by atoms with Crippen LogP contribution in [0.1, 0.15) is 40.0 Å². The Bertz CT molecular complexity index is 273. The second-order valence-corrected chi connectivity index (χ2v) is 5.20. The Kier molecular flexibility index (Phi) is 1.86. The number of hydrogen-bond acceptors (Lipinski definition) is 1. The van der Waals surface area contributed by atoms with Crippen LogP contribution in [0.3, 0.4) is 0 Å². The summed E-state index contributed by atoms with van der Waals surface area (Å²) in [7, 11) is 0. The molecule has 1 saturated carbocycles. The van der Waals surface area contributed by atoms with Crippen molar-refractivity contribution in [2.75, 3.05) is 0 Å². The molecule has 0 aromatic rings. The summed E-state index contributed by atoms with van der Waals surface area (Å²) in [6, 6.07) is 0. The first-order valence-electron chi connectivity index (χ1n) is 5.20. The lowest BCUT2D eigenvalue weighted by Crippen LogP contribution is -2.47. The maximum absolute atomic E-state index is 11.5. The molecule has 0 radical (unpaired) electrons. The predicted octanol–water partition coefficient (Wildman–Crippen LogP) is 2.96. The van der Waals surface area contributed by atoms with Gasteiger partial charge in [-0.15, -0.1) is 0 Å². The lowest BCUT2D eigenvalue weighted by atomic mass is 9.51. The Morgan fingerprint density at radius 3 is 2.77 bits per heavy atom. The summed E-state index contributed by atoms with van der Waals surface area (Å²) in [5.41, 5.74) is 1.81. The van der Waals surface area contributed by atoms with Crippen molar-refractivity contribution in [3.63, 3.8) is 0 Å². The van der Waals surface area contributed by atoms with Gasteiger partial charge in [0.2, 0.25) is 0 Å². The molecule has 3 aliphatic rings. The Labute approximate surface area is 80.2 Å².